The molecule has 1 atom stereocenters. The molecule has 2 aliphatic rings. The average molecular weight is 430 g/mol. The number of hydrogen-bond acceptors (Lipinski definition) is 2. The molecular weight excluding hydrogens is 394 g/mol. The molecule has 3 nitrogen and oxygen atoms in total. The van der Waals surface area contributed by atoms with Gasteiger partial charge < -0.3 is 5.11 Å². The third-order valence-electron chi connectivity index (χ3n) is 7.68. The molecule has 0 saturated heterocycles. The van der Waals surface area contributed by atoms with Crippen molar-refractivity contribution in [2.24, 2.45) is 0 Å². The molecule has 2 aromatic rings. The van der Waals surface area contributed by atoms with Gasteiger partial charge in [-0.05, 0) is 101 Å². The minimum Gasteiger partial charge on any atom is -0.478 e. The Morgan fingerprint density at radius 1 is 1.09 bits per heavy atom. The summed E-state index contributed by atoms with van der Waals surface area (Å²) in [6.07, 6.45) is 9.86. The molecule has 0 radical (unpaired) electrons. The van der Waals surface area contributed by atoms with Crippen molar-refractivity contribution in [1.29, 1.82) is 0 Å². The van der Waals surface area contributed by atoms with Gasteiger partial charge in [0, 0.05) is 12.3 Å². The van der Waals surface area contributed by atoms with Gasteiger partial charge in [0.2, 0.25) is 0 Å². The third kappa shape index (κ3) is 4.18. The maximum atomic E-state index is 10.9. The number of aryl methyl sites for hydroxylation is 1. The lowest BCUT2D eigenvalue weighted by Gasteiger charge is -2.42. The number of carboxylic acids is 1. The Bertz CT molecular complexity index is 1120. The Morgan fingerprint density at radius 2 is 1.75 bits per heavy atom. The fourth-order valence-corrected chi connectivity index (χ4v) is 5.43. The van der Waals surface area contributed by atoms with Gasteiger partial charge in [-0.1, -0.05) is 52.0 Å². The van der Waals surface area contributed by atoms with Gasteiger partial charge in [-0.3, -0.25) is 4.98 Å². The second-order valence-electron chi connectivity index (χ2n) is 11.0. The first-order valence-corrected chi connectivity index (χ1v) is 11.7. The topological polar surface area (TPSA) is 50.2 Å². The highest BCUT2D eigenvalue weighted by molar-refractivity contribution is 5.89. The normalized spacial score (nSPS) is 21.8. The van der Waals surface area contributed by atoms with E-state index in [1.165, 1.54) is 46.7 Å². The van der Waals surface area contributed by atoms with Crippen LogP contribution >= 0.6 is 0 Å². The smallest absolute Gasteiger partial charge is 0.328 e. The maximum Gasteiger partial charge on any atom is 0.328 e. The summed E-state index contributed by atoms with van der Waals surface area (Å²) in [6, 6.07) is 8.98. The Morgan fingerprint density at radius 3 is 2.34 bits per heavy atom. The Kier molecular flexibility index (Phi) is 5.65. The van der Waals surface area contributed by atoms with Crippen LogP contribution in [0.2, 0.25) is 0 Å². The van der Waals surface area contributed by atoms with Crippen LogP contribution in [0.15, 0.2) is 42.6 Å². The second-order valence-corrected chi connectivity index (χ2v) is 11.0. The minimum atomic E-state index is -0.931. The molecule has 1 heterocycles. The highest BCUT2D eigenvalue weighted by Crippen LogP contribution is 2.48. The van der Waals surface area contributed by atoms with Crippen LogP contribution in [-0.4, -0.2) is 16.1 Å². The standard InChI is InChI=1S/C29H35NO2/c1-18(14-27(31)32)22-9-10-26(30-17-22)21-8-7-20(15-21)23-16-25-24(13-19(23)2)28(3,4)11-12-29(25,5)6/h8-10,13-14,16-17,20H,7,11-12,15H2,1-6H3,(H,31,32)/b18-14-. The molecule has 1 N–H and O–H groups in total. The van der Waals surface area contributed by atoms with Gasteiger partial charge in [0.05, 0.1) is 5.69 Å². The molecule has 2 aliphatic carbocycles. The van der Waals surface area contributed by atoms with Crippen molar-refractivity contribution in [3.8, 4) is 0 Å². The predicted molar refractivity (Wildman–Crippen MR) is 132 cm³/mol. The van der Waals surface area contributed by atoms with E-state index >= 15 is 0 Å². The molecule has 168 valence electrons. The number of hydrogen-bond donors (Lipinski definition) is 1. The largest absolute Gasteiger partial charge is 0.478 e. The zero-order valence-electron chi connectivity index (χ0n) is 20.2. The fourth-order valence-electron chi connectivity index (χ4n) is 5.43. The fraction of sp³-hybridized carbons (Fsp3) is 0.448. The third-order valence-corrected chi connectivity index (χ3v) is 7.68. The summed E-state index contributed by atoms with van der Waals surface area (Å²) in [4.78, 5) is 15.6. The number of nitrogens with zero attached hydrogens (tertiary/aromatic N) is 1. The SMILES string of the molecule is C/C(=C/C(=O)O)c1ccc(C2=CCC(c3cc4c(cc3C)C(C)(C)CCC4(C)C)C2)nc1. The summed E-state index contributed by atoms with van der Waals surface area (Å²) < 4.78 is 0. The molecule has 1 aromatic heterocycles. The van der Waals surface area contributed by atoms with E-state index in [0.29, 0.717) is 11.5 Å². The zero-order chi connectivity index (χ0) is 23.3. The molecule has 0 amide bonds. The number of fused-ring (bicyclic) bond motifs is 1. The monoisotopic (exact) mass is 429 g/mol. The molecular formula is C29H35NO2. The van der Waals surface area contributed by atoms with Crippen molar-refractivity contribution in [2.75, 3.05) is 0 Å². The summed E-state index contributed by atoms with van der Waals surface area (Å²) >= 11 is 0. The van der Waals surface area contributed by atoms with Crippen molar-refractivity contribution in [3.63, 3.8) is 0 Å². The summed E-state index contributed by atoms with van der Waals surface area (Å²) in [5.41, 5.74) is 10.3. The molecule has 0 spiro atoms. The molecule has 0 bridgehead atoms. The van der Waals surface area contributed by atoms with Gasteiger partial charge >= 0.3 is 5.97 Å². The van der Waals surface area contributed by atoms with Crippen molar-refractivity contribution in [3.05, 3.63) is 76.1 Å². The van der Waals surface area contributed by atoms with E-state index in [9.17, 15) is 4.79 Å². The van der Waals surface area contributed by atoms with Crippen LogP contribution in [0.3, 0.4) is 0 Å². The quantitative estimate of drug-likeness (QED) is 0.523. The highest BCUT2D eigenvalue weighted by atomic mass is 16.4. The van der Waals surface area contributed by atoms with Gasteiger partial charge in [-0.2, -0.15) is 0 Å². The first-order valence-electron chi connectivity index (χ1n) is 11.7. The Balaban J connectivity index is 1.58. The summed E-state index contributed by atoms with van der Waals surface area (Å²) in [6.45, 7) is 13.6. The van der Waals surface area contributed by atoms with Crippen LogP contribution in [0, 0.1) is 6.92 Å². The van der Waals surface area contributed by atoms with Crippen molar-refractivity contribution >= 4 is 17.1 Å². The molecule has 4 rings (SSSR count). The van der Waals surface area contributed by atoms with E-state index in [4.69, 9.17) is 5.11 Å². The maximum absolute atomic E-state index is 10.9. The lowest BCUT2D eigenvalue weighted by molar-refractivity contribution is -0.131. The van der Waals surface area contributed by atoms with Crippen LogP contribution in [0.4, 0.5) is 0 Å². The number of pyridine rings is 1. The van der Waals surface area contributed by atoms with E-state index in [2.05, 4.69) is 57.8 Å². The van der Waals surface area contributed by atoms with Crippen molar-refractivity contribution in [1.82, 2.24) is 4.98 Å². The van der Waals surface area contributed by atoms with E-state index < -0.39 is 5.97 Å². The van der Waals surface area contributed by atoms with Gasteiger partial charge in [-0.15, -0.1) is 0 Å². The van der Waals surface area contributed by atoms with Crippen LogP contribution in [-0.2, 0) is 15.6 Å². The van der Waals surface area contributed by atoms with Crippen LogP contribution < -0.4 is 0 Å². The zero-order valence-corrected chi connectivity index (χ0v) is 20.2. The first-order chi connectivity index (χ1) is 15.0. The van der Waals surface area contributed by atoms with Gasteiger partial charge in [-0.25, -0.2) is 4.79 Å². The predicted octanol–water partition coefficient (Wildman–Crippen LogP) is 7.19. The molecule has 0 saturated carbocycles. The average Bonchev–Trinajstić information content (AvgIpc) is 3.21. The number of benzene rings is 1. The summed E-state index contributed by atoms with van der Waals surface area (Å²) in [5.74, 6) is -0.439. The minimum absolute atomic E-state index is 0.223. The molecule has 3 heteroatoms. The number of aliphatic carboxylic acids is 1. The lowest BCUT2D eigenvalue weighted by atomic mass is 9.62. The molecule has 1 unspecified atom stereocenters. The summed E-state index contributed by atoms with van der Waals surface area (Å²) in [5, 5.41) is 8.96. The second kappa shape index (κ2) is 8.03. The number of aromatic nitrogens is 1. The lowest BCUT2D eigenvalue weighted by Crippen LogP contribution is -2.34. The van der Waals surface area contributed by atoms with Crippen LogP contribution in [0.1, 0.15) is 99.7 Å². The molecule has 1 aromatic carbocycles. The number of carboxylic acid groups (broad SMARTS) is 1. The van der Waals surface area contributed by atoms with E-state index in [-0.39, 0.29) is 10.8 Å². The number of rotatable bonds is 4. The van der Waals surface area contributed by atoms with Crippen molar-refractivity contribution < 1.29 is 9.90 Å². The first kappa shape index (κ1) is 22.5. The van der Waals surface area contributed by atoms with E-state index in [1.807, 2.05) is 12.1 Å². The van der Waals surface area contributed by atoms with Crippen LogP contribution in [0.5, 0.6) is 0 Å². The molecule has 32 heavy (non-hydrogen) atoms. The molecule has 0 fully saturated rings. The number of carbonyl (C=O) groups is 1. The Labute approximate surface area is 192 Å². The van der Waals surface area contributed by atoms with Crippen molar-refractivity contribution in [2.45, 2.75) is 84.0 Å². The van der Waals surface area contributed by atoms with Gasteiger partial charge in [0.1, 0.15) is 0 Å². The van der Waals surface area contributed by atoms with Gasteiger partial charge in [0.25, 0.3) is 0 Å². The highest BCUT2D eigenvalue weighted by Gasteiger charge is 2.38. The number of allylic oxidation sites excluding steroid dienone is 3. The van der Waals surface area contributed by atoms with Crippen LogP contribution in [0.25, 0.3) is 11.1 Å². The molecule has 0 aliphatic heterocycles. The van der Waals surface area contributed by atoms with Gasteiger partial charge in [0.15, 0.2) is 0 Å². The van der Waals surface area contributed by atoms with E-state index in [1.54, 1.807) is 13.1 Å². The summed E-state index contributed by atoms with van der Waals surface area (Å²) in [7, 11) is 0. The van der Waals surface area contributed by atoms with E-state index in [0.717, 1.165) is 24.1 Å². The Hall–Kier alpha value is -2.68.